The second-order valence-electron chi connectivity index (χ2n) is 4.37. The van der Waals surface area contributed by atoms with Gasteiger partial charge in [-0.1, -0.05) is 12.1 Å². The van der Waals surface area contributed by atoms with Crippen LogP contribution in [0, 0.1) is 0 Å². The summed E-state index contributed by atoms with van der Waals surface area (Å²) in [5, 5.41) is 34.5. The van der Waals surface area contributed by atoms with Crippen LogP contribution in [0.4, 0.5) is 0 Å². The molecule has 1 heterocycles. The number of hydrogen-bond donors (Lipinski definition) is 5. The van der Waals surface area contributed by atoms with Crippen LogP contribution in [0.3, 0.4) is 0 Å². The largest absolute Gasteiger partial charge is 0.508 e. The highest BCUT2D eigenvalue weighted by atomic mass is 16.3. The summed E-state index contributed by atoms with van der Waals surface area (Å²) in [6.07, 6.45) is -1.39. The molecule has 5 N–H and O–H groups in total. The molecule has 0 spiro atoms. The van der Waals surface area contributed by atoms with Crippen molar-refractivity contribution in [3.63, 3.8) is 0 Å². The summed E-state index contributed by atoms with van der Waals surface area (Å²) in [5.41, 5.74) is 0.984. The number of phenols is 1. The van der Waals surface area contributed by atoms with E-state index in [-0.39, 0.29) is 11.8 Å². The minimum Gasteiger partial charge on any atom is -0.508 e. The maximum absolute atomic E-state index is 9.61. The molecule has 1 saturated heterocycles. The van der Waals surface area contributed by atoms with Gasteiger partial charge in [-0.2, -0.15) is 0 Å². The van der Waals surface area contributed by atoms with Crippen molar-refractivity contribution in [1.82, 2.24) is 10.6 Å². The summed E-state index contributed by atoms with van der Waals surface area (Å²) in [4.78, 5) is 0. The number of hydrogen-bond acceptors (Lipinski definition) is 5. The monoisotopic (exact) mass is 238 g/mol. The molecule has 5 heteroatoms. The second kappa shape index (κ2) is 5.46. The molecule has 0 amide bonds. The van der Waals surface area contributed by atoms with E-state index >= 15 is 0 Å². The molecule has 0 aliphatic carbocycles. The Morgan fingerprint density at radius 3 is 2.82 bits per heavy atom. The van der Waals surface area contributed by atoms with Crippen molar-refractivity contribution in [3.05, 3.63) is 29.8 Å². The van der Waals surface area contributed by atoms with E-state index < -0.39 is 12.2 Å². The topological polar surface area (TPSA) is 84.8 Å². The molecule has 17 heavy (non-hydrogen) atoms. The van der Waals surface area contributed by atoms with Gasteiger partial charge >= 0.3 is 0 Å². The van der Waals surface area contributed by atoms with E-state index in [0.29, 0.717) is 19.6 Å². The summed E-state index contributed by atoms with van der Waals surface area (Å²) in [7, 11) is 0. The van der Waals surface area contributed by atoms with Crippen LogP contribution in [0.2, 0.25) is 0 Å². The Bertz CT molecular complexity index is 373. The molecule has 94 valence electrons. The van der Waals surface area contributed by atoms with Crippen molar-refractivity contribution in [1.29, 1.82) is 0 Å². The lowest BCUT2D eigenvalue weighted by Crippen LogP contribution is -2.41. The van der Waals surface area contributed by atoms with Gasteiger partial charge in [0.15, 0.2) is 0 Å². The maximum Gasteiger partial charge on any atom is 0.115 e. The van der Waals surface area contributed by atoms with E-state index in [2.05, 4.69) is 10.6 Å². The number of phenolic OH excluding ortho intramolecular Hbond substituents is 1. The van der Waals surface area contributed by atoms with Gasteiger partial charge in [0.2, 0.25) is 0 Å². The minimum absolute atomic E-state index is 0.123. The highest BCUT2D eigenvalue weighted by molar-refractivity contribution is 5.26. The third-order valence-corrected chi connectivity index (χ3v) is 3.00. The van der Waals surface area contributed by atoms with Gasteiger partial charge in [0.05, 0.1) is 12.2 Å². The highest BCUT2D eigenvalue weighted by Crippen LogP contribution is 2.11. The third kappa shape index (κ3) is 3.17. The number of β-amino-alcohol motifs (C(OH)–C–C–N with tert-alkyl or cyclic N) is 1. The van der Waals surface area contributed by atoms with Crippen LogP contribution in [-0.2, 0) is 6.54 Å². The van der Waals surface area contributed by atoms with Crippen LogP contribution < -0.4 is 10.6 Å². The van der Waals surface area contributed by atoms with Gasteiger partial charge in [0, 0.05) is 25.7 Å². The molecule has 1 aliphatic heterocycles. The molecule has 1 aliphatic rings. The Kier molecular flexibility index (Phi) is 3.96. The average molecular weight is 238 g/mol. The zero-order valence-corrected chi connectivity index (χ0v) is 9.50. The van der Waals surface area contributed by atoms with E-state index in [1.165, 1.54) is 0 Å². The van der Waals surface area contributed by atoms with Crippen molar-refractivity contribution in [3.8, 4) is 5.75 Å². The van der Waals surface area contributed by atoms with E-state index in [1.807, 2.05) is 6.07 Å². The van der Waals surface area contributed by atoms with Crippen LogP contribution in [0.5, 0.6) is 5.75 Å². The first kappa shape index (κ1) is 12.3. The summed E-state index contributed by atoms with van der Waals surface area (Å²) in [6, 6.07) is 6.91. The molecule has 3 atom stereocenters. The number of benzene rings is 1. The fourth-order valence-electron chi connectivity index (χ4n) is 2.01. The van der Waals surface area contributed by atoms with Crippen LogP contribution in [0.25, 0.3) is 0 Å². The lowest BCUT2D eigenvalue weighted by atomic mass is 10.1. The van der Waals surface area contributed by atoms with Gasteiger partial charge in [0.25, 0.3) is 0 Å². The first-order chi connectivity index (χ1) is 8.16. The average Bonchev–Trinajstić information content (AvgIpc) is 2.61. The van der Waals surface area contributed by atoms with Crippen LogP contribution in [-0.4, -0.2) is 46.7 Å². The SMILES string of the molecule is Oc1cccc(CNC[C@H]2NC[C@H](O)[C@@H]2O)c1. The van der Waals surface area contributed by atoms with Crippen molar-refractivity contribution >= 4 is 0 Å². The lowest BCUT2D eigenvalue weighted by Gasteiger charge is -2.16. The highest BCUT2D eigenvalue weighted by Gasteiger charge is 2.32. The fraction of sp³-hybridized carbons (Fsp3) is 0.500. The van der Waals surface area contributed by atoms with Gasteiger partial charge in [-0.15, -0.1) is 0 Å². The number of rotatable bonds is 4. The number of aliphatic hydroxyl groups excluding tert-OH is 2. The summed E-state index contributed by atoms with van der Waals surface area (Å²) < 4.78 is 0. The van der Waals surface area contributed by atoms with Crippen molar-refractivity contribution in [2.45, 2.75) is 24.8 Å². The Labute approximate surface area is 100 Å². The van der Waals surface area contributed by atoms with Crippen LogP contribution in [0.1, 0.15) is 5.56 Å². The molecule has 1 fully saturated rings. The van der Waals surface area contributed by atoms with E-state index in [9.17, 15) is 15.3 Å². The van der Waals surface area contributed by atoms with Gasteiger partial charge in [0.1, 0.15) is 5.75 Å². The number of aromatic hydroxyl groups is 1. The van der Waals surface area contributed by atoms with Crippen molar-refractivity contribution < 1.29 is 15.3 Å². The van der Waals surface area contributed by atoms with E-state index in [0.717, 1.165) is 5.56 Å². The van der Waals surface area contributed by atoms with Crippen LogP contribution >= 0.6 is 0 Å². The maximum atomic E-state index is 9.61. The first-order valence-electron chi connectivity index (χ1n) is 5.75. The number of nitrogens with one attached hydrogen (secondary N) is 2. The van der Waals surface area contributed by atoms with Gasteiger partial charge < -0.3 is 26.0 Å². The molecule has 0 bridgehead atoms. The van der Waals surface area contributed by atoms with Gasteiger partial charge in [-0.3, -0.25) is 0 Å². The Balaban J connectivity index is 1.76. The summed E-state index contributed by atoms with van der Waals surface area (Å²) in [5.74, 6) is 0.249. The standard InChI is InChI=1S/C12H18N2O3/c15-9-3-1-2-8(4-9)5-13-6-10-12(17)11(16)7-14-10/h1-4,10-17H,5-7H2/t10-,11+,12-/m1/s1. The number of aliphatic hydroxyl groups is 2. The molecular formula is C12H18N2O3. The molecular weight excluding hydrogens is 220 g/mol. The fourth-order valence-corrected chi connectivity index (χ4v) is 2.01. The quantitative estimate of drug-likeness (QED) is 0.473. The predicted molar refractivity (Wildman–Crippen MR) is 63.6 cm³/mol. The van der Waals surface area contributed by atoms with Gasteiger partial charge in [-0.25, -0.2) is 0 Å². The zero-order valence-electron chi connectivity index (χ0n) is 9.50. The Hall–Kier alpha value is -1.14. The molecule has 1 aromatic carbocycles. The van der Waals surface area contributed by atoms with E-state index in [4.69, 9.17) is 0 Å². The molecule has 5 nitrogen and oxygen atoms in total. The molecule has 0 unspecified atom stereocenters. The first-order valence-corrected chi connectivity index (χ1v) is 5.75. The van der Waals surface area contributed by atoms with Crippen LogP contribution in [0.15, 0.2) is 24.3 Å². The molecule has 0 radical (unpaired) electrons. The molecule has 2 rings (SSSR count). The lowest BCUT2D eigenvalue weighted by molar-refractivity contribution is 0.0407. The Morgan fingerprint density at radius 2 is 2.18 bits per heavy atom. The normalized spacial score (nSPS) is 28.5. The molecule has 1 aromatic rings. The smallest absolute Gasteiger partial charge is 0.115 e. The summed E-state index contributed by atoms with van der Waals surface area (Å²) >= 11 is 0. The predicted octanol–water partition coefficient (Wildman–Crippen LogP) is -0.825. The zero-order chi connectivity index (χ0) is 12.3. The third-order valence-electron chi connectivity index (χ3n) is 3.00. The Morgan fingerprint density at radius 1 is 1.35 bits per heavy atom. The van der Waals surface area contributed by atoms with Gasteiger partial charge in [-0.05, 0) is 17.7 Å². The molecule has 0 aromatic heterocycles. The van der Waals surface area contributed by atoms with Crippen molar-refractivity contribution in [2.75, 3.05) is 13.1 Å². The minimum atomic E-state index is -0.716. The van der Waals surface area contributed by atoms with E-state index in [1.54, 1.807) is 18.2 Å². The molecule has 0 saturated carbocycles. The summed E-state index contributed by atoms with van der Waals surface area (Å²) in [6.45, 7) is 1.63. The van der Waals surface area contributed by atoms with Crippen molar-refractivity contribution in [2.24, 2.45) is 0 Å². The second-order valence-corrected chi connectivity index (χ2v) is 4.37.